The Bertz CT molecular complexity index is 796. The molecule has 25 heavy (non-hydrogen) atoms. The van der Waals surface area contributed by atoms with Crippen molar-refractivity contribution in [3.05, 3.63) is 47.3 Å². The average molecular weight is 342 g/mol. The normalized spacial score (nSPS) is 16.8. The maximum Gasteiger partial charge on any atom is 0.270 e. The van der Waals surface area contributed by atoms with E-state index < -0.39 is 0 Å². The number of benzene rings is 1. The number of carbonyl (C=O) groups is 2. The largest absolute Gasteiger partial charge is 0.497 e. The zero-order valence-corrected chi connectivity index (χ0v) is 14.7. The van der Waals surface area contributed by atoms with Crippen molar-refractivity contribution >= 4 is 11.7 Å². The van der Waals surface area contributed by atoms with E-state index in [4.69, 9.17) is 9.47 Å². The Labute approximate surface area is 146 Å². The van der Waals surface area contributed by atoms with E-state index in [0.717, 1.165) is 18.4 Å². The van der Waals surface area contributed by atoms with Crippen molar-refractivity contribution in [2.45, 2.75) is 25.8 Å². The van der Waals surface area contributed by atoms with Gasteiger partial charge < -0.3 is 19.4 Å². The Hall–Kier alpha value is -2.76. The quantitative estimate of drug-likeness (QED) is 0.847. The first kappa shape index (κ1) is 17.1. The number of hydrogen-bond acceptors (Lipinski definition) is 4. The molecule has 1 fully saturated rings. The number of aromatic nitrogens is 1. The minimum absolute atomic E-state index is 0.0579. The second-order valence-electron chi connectivity index (χ2n) is 6.12. The summed E-state index contributed by atoms with van der Waals surface area (Å²) in [5, 5.41) is 0. The number of hydrogen-bond donors (Lipinski definition) is 1. The molecule has 1 aliphatic rings. The van der Waals surface area contributed by atoms with Crippen molar-refractivity contribution in [3.63, 3.8) is 0 Å². The van der Waals surface area contributed by atoms with Gasteiger partial charge >= 0.3 is 0 Å². The average Bonchev–Trinajstić information content (AvgIpc) is 3.30. The van der Waals surface area contributed by atoms with Crippen LogP contribution in [0.2, 0.25) is 0 Å². The van der Waals surface area contributed by atoms with Crippen molar-refractivity contribution in [2.75, 3.05) is 20.8 Å². The first-order valence-electron chi connectivity index (χ1n) is 8.27. The van der Waals surface area contributed by atoms with Gasteiger partial charge in [0.15, 0.2) is 5.78 Å². The van der Waals surface area contributed by atoms with Crippen LogP contribution in [0.1, 0.15) is 52.2 Å². The second-order valence-corrected chi connectivity index (χ2v) is 6.12. The number of H-pyrrole nitrogens is 1. The van der Waals surface area contributed by atoms with Gasteiger partial charge in [0, 0.05) is 29.9 Å². The molecule has 0 radical (unpaired) electrons. The predicted molar refractivity (Wildman–Crippen MR) is 93.4 cm³/mol. The van der Waals surface area contributed by atoms with E-state index in [0.29, 0.717) is 29.3 Å². The maximum atomic E-state index is 12.9. The predicted octanol–water partition coefficient (Wildman–Crippen LogP) is 3.21. The molecule has 1 unspecified atom stereocenters. The summed E-state index contributed by atoms with van der Waals surface area (Å²) in [5.74, 6) is 1.25. The van der Waals surface area contributed by atoms with Crippen LogP contribution in [0.3, 0.4) is 0 Å². The Morgan fingerprint density at radius 3 is 2.64 bits per heavy atom. The Morgan fingerprint density at radius 1 is 1.20 bits per heavy atom. The first-order valence-corrected chi connectivity index (χ1v) is 8.27. The van der Waals surface area contributed by atoms with Crippen molar-refractivity contribution in [2.24, 2.45) is 0 Å². The van der Waals surface area contributed by atoms with Gasteiger partial charge in [0.1, 0.15) is 17.2 Å². The fraction of sp³-hybridized carbons (Fsp3) is 0.368. The van der Waals surface area contributed by atoms with Gasteiger partial charge in [0.05, 0.1) is 20.3 Å². The zero-order chi connectivity index (χ0) is 18.0. The molecule has 3 rings (SSSR count). The van der Waals surface area contributed by atoms with Crippen molar-refractivity contribution < 1.29 is 19.1 Å². The highest BCUT2D eigenvalue weighted by Crippen LogP contribution is 2.39. The highest BCUT2D eigenvalue weighted by atomic mass is 16.5. The molecule has 132 valence electrons. The molecule has 1 aromatic heterocycles. The molecule has 6 heteroatoms. The molecule has 1 saturated heterocycles. The smallest absolute Gasteiger partial charge is 0.270 e. The van der Waals surface area contributed by atoms with Crippen LogP contribution in [-0.2, 0) is 0 Å². The summed E-state index contributed by atoms with van der Waals surface area (Å²) < 4.78 is 10.7. The number of ether oxygens (including phenoxy) is 2. The van der Waals surface area contributed by atoms with Gasteiger partial charge in [0.2, 0.25) is 0 Å². The molecule has 1 atom stereocenters. The number of ketones is 1. The summed E-state index contributed by atoms with van der Waals surface area (Å²) in [4.78, 5) is 29.1. The van der Waals surface area contributed by atoms with Gasteiger partial charge in [-0.1, -0.05) is 0 Å². The molecule has 1 aliphatic heterocycles. The van der Waals surface area contributed by atoms with E-state index in [2.05, 4.69) is 4.98 Å². The minimum Gasteiger partial charge on any atom is -0.497 e. The van der Waals surface area contributed by atoms with Crippen LogP contribution in [0.25, 0.3) is 0 Å². The molecular formula is C19H22N2O4. The molecule has 0 saturated carbocycles. The van der Waals surface area contributed by atoms with Crippen LogP contribution < -0.4 is 9.47 Å². The molecule has 0 spiro atoms. The standard InChI is InChI=1S/C19H22N2O4/c1-12(22)13-9-16(20-11-13)19(23)21-8-4-5-17(21)15-7-6-14(24-2)10-18(15)25-3/h6-7,9-11,17,20H,4-5,8H2,1-3H3. The lowest BCUT2D eigenvalue weighted by Crippen LogP contribution is -2.31. The van der Waals surface area contributed by atoms with Crippen LogP contribution in [0.15, 0.2) is 30.5 Å². The van der Waals surface area contributed by atoms with E-state index in [1.54, 1.807) is 26.5 Å². The summed E-state index contributed by atoms with van der Waals surface area (Å²) in [6.07, 6.45) is 3.37. The molecular weight excluding hydrogens is 320 g/mol. The third-order valence-electron chi connectivity index (χ3n) is 4.63. The number of nitrogens with one attached hydrogen (secondary N) is 1. The monoisotopic (exact) mass is 342 g/mol. The number of Topliss-reactive ketones (excluding diaryl/α,β-unsaturated/α-hetero) is 1. The molecule has 0 aliphatic carbocycles. The lowest BCUT2D eigenvalue weighted by atomic mass is 10.0. The molecule has 6 nitrogen and oxygen atoms in total. The maximum absolute atomic E-state index is 12.9. The summed E-state index contributed by atoms with van der Waals surface area (Å²) >= 11 is 0. The lowest BCUT2D eigenvalue weighted by molar-refractivity contribution is 0.0729. The van der Waals surface area contributed by atoms with Crippen LogP contribution in [0.4, 0.5) is 0 Å². The van der Waals surface area contributed by atoms with Crippen molar-refractivity contribution in [1.82, 2.24) is 9.88 Å². The van der Waals surface area contributed by atoms with Gasteiger partial charge in [-0.2, -0.15) is 0 Å². The van der Waals surface area contributed by atoms with E-state index >= 15 is 0 Å². The van der Waals surface area contributed by atoms with E-state index in [9.17, 15) is 9.59 Å². The number of nitrogens with zero attached hydrogens (tertiary/aromatic N) is 1. The summed E-state index contributed by atoms with van der Waals surface area (Å²) in [6, 6.07) is 7.21. The third-order valence-corrected chi connectivity index (χ3v) is 4.63. The van der Waals surface area contributed by atoms with Crippen LogP contribution in [-0.4, -0.2) is 42.3 Å². The van der Waals surface area contributed by atoms with E-state index in [-0.39, 0.29) is 17.7 Å². The second kappa shape index (κ2) is 7.01. The summed E-state index contributed by atoms with van der Waals surface area (Å²) in [6.45, 7) is 2.16. The van der Waals surface area contributed by atoms with E-state index in [1.165, 1.54) is 6.92 Å². The summed E-state index contributed by atoms with van der Waals surface area (Å²) in [7, 11) is 3.22. The van der Waals surface area contributed by atoms with Gasteiger partial charge in [0.25, 0.3) is 5.91 Å². The number of aromatic amines is 1. The molecule has 0 bridgehead atoms. The lowest BCUT2D eigenvalue weighted by Gasteiger charge is -2.26. The molecule has 1 N–H and O–H groups in total. The van der Waals surface area contributed by atoms with Gasteiger partial charge in [-0.3, -0.25) is 9.59 Å². The minimum atomic E-state index is -0.104. The van der Waals surface area contributed by atoms with Crippen LogP contribution >= 0.6 is 0 Å². The topological polar surface area (TPSA) is 71.6 Å². The first-order chi connectivity index (χ1) is 12.0. The Balaban J connectivity index is 1.89. The molecule has 2 aromatic rings. The molecule has 1 aromatic carbocycles. The van der Waals surface area contributed by atoms with Gasteiger partial charge in [-0.05, 0) is 38.0 Å². The van der Waals surface area contributed by atoms with Crippen molar-refractivity contribution in [3.8, 4) is 11.5 Å². The SMILES string of the molecule is COc1ccc(C2CCCN2C(=O)c2cc(C(C)=O)c[nH]2)c(OC)c1. The van der Waals surface area contributed by atoms with Crippen LogP contribution in [0.5, 0.6) is 11.5 Å². The number of methoxy groups -OCH3 is 2. The number of rotatable bonds is 5. The number of carbonyl (C=O) groups excluding carboxylic acids is 2. The van der Waals surface area contributed by atoms with Crippen LogP contribution in [0, 0.1) is 0 Å². The third kappa shape index (κ3) is 3.24. The Morgan fingerprint density at radius 2 is 2.00 bits per heavy atom. The zero-order valence-electron chi connectivity index (χ0n) is 14.7. The van der Waals surface area contributed by atoms with Gasteiger partial charge in [-0.25, -0.2) is 0 Å². The molecule has 1 amide bonds. The number of amides is 1. The highest BCUT2D eigenvalue weighted by Gasteiger charge is 2.33. The van der Waals surface area contributed by atoms with Crippen molar-refractivity contribution in [1.29, 1.82) is 0 Å². The number of likely N-dealkylation sites (tertiary alicyclic amines) is 1. The summed E-state index contributed by atoms with van der Waals surface area (Å²) in [5.41, 5.74) is 1.92. The highest BCUT2D eigenvalue weighted by molar-refractivity contribution is 5.99. The fourth-order valence-electron chi connectivity index (χ4n) is 3.30. The fourth-order valence-corrected chi connectivity index (χ4v) is 3.30. The van der Waals surface area contributed by atoms with E-state index in [1.807, 2.05) is 23.1 Å². The molecule has 2 heterocycles. The van der Waals surface area contributed by atoms with Gasteiger partial charge in [-0.15, -0.1) is 0 Å². The Kier molecular flexibility index (Phi) is 4.79.